The number of carbonyl (C=O) groups excluding carboxylic acids is 1. The third kappa shape index (κ3) is 3.16. The van der Waals surface area contributed by atoms with Crippen molar-refractivity contribution in [2.75, 3.05) is 11.5 Å². The highest BCUT2D eigenvalue weighted by atomic mass is 32.2. The lowest BCUT2D eigenvalue weighted by atomic mass is 10.0. The van der Waals surface area contributed by atoms with Crippen molar-refractivity contribution in [2.24, 2.45) is 0 Å². The second-order valence-corrected chi connectivity index (χ2v) is 7.64. The van der Waals surface area contributed by atoms with Crippen LogP contribution >= 0.6 is 23.1 Å². The Morgan fingerprint density at radius 3 is 2.60 bits per heavy atom. The van der Waals surface area contributed by atoms with Gasteiger partial charge < -0.3 is 10.7 Å². The van der Waals surface area contributed by atoms with Crippen LogP contribution in [0.15, 0.2) is 58.9 Å². The van der Waals surface area contributed by atoms with Crippen molar-refractivity contribution in [1.82, 2.24) is 15.2 Å². The highest BCUT2D eigenvalue weighted by molar-refractivity contribution is 8.01. The van der Waals surface area contributed by atoms with Crippen molar-refractivity contribution in [2.45, 2.75) is 4.34 Å². The number of H-pyrrole nitrogens is 1. The van der Waals surface area contributed by atoms with Gasteiger partial charge in [-0.1, -0.05) is 71.6 Å². The lowest BCUT2D eigenvalue weighted by Gasteiger charge is -2.04. The van der Waals surface area contributed by atoms with Crippen molar-refractivity contribution < 1.29 is 4.79 Å². The standard InChI is InChI=1S/C18H14N4OS2/c19-17-21-22-18(25-17)24-10-14(23)15-12-8-4-5-9-13(12)20-16(15)11-6-2-1-3-7-11/h1-9,20H,10H2,(H2,19,21). The molecule has 0 saturated heterocycles. The Morgan fingerprint density at radius 2 is 1.84 bits per heavy atom. The van der Waals surface area contributed by atoms with Crippen molar-refractivity contribution in [3.8, 4) is 11.3 Å². The van der Waals surface area contributed by atoms with Crippen LogP contribution in [0.5, 0.6) is 0 Å². The number of aromatic nitrogens is 3. The second kappa shape index (κ2) is 6.70. The molecule has 0 aliphatic rings. The maximum Gasteiger partial charge on any atom is 0.203 e. The summed E-state index contributed by atoms with van der Waals surface area (Å²) in [5.74, 6) is 0.339. The fourth-order valence-corrected chi connectivity index (χ4v) is 4.24. The number of hydrogen-bond acceptors (Lipinski definition) is 6. The molecule has 4 rings (SSSR count). The molecule has 7 heteroatoms. The zero-order valence-corrected chi connectivity index (χ0v) is 14.7. The van der Waals surface area contributed by atoms with Gasteiger partial charge in [-0.05, 0) is 11.6 Å². The lowest BCUT2D eigenvalue weighted by Crippen LogP contribution is -2.03. The van der Waals surface area contributed by atoms with E-state index in [-0.39, 0.29) is 11.5 Å². The maximum atomic E-state index is 13.0. The molecule has 0 aliphatic heterocycles. The second-order valence-electron chi connectivity index (χ2n) is 5.40. The Morgan fingerprint density at radius 1 is 1.08 bits per heavy atom. The number of benzene rings is 2. The van der Waals surface area contributed by atoms with Gasteiger partial charge in [-0.2, -0.15) is 0 Å². The number of nitrogens with zero attached hydrogens (tertiary/aromatic N) is 2. The molecule has 2 heterocycles. The van der Waals surface area contributed by atoms with E-state index in [0.717, 1.165) is 22.2 Å². The van der Waals surface area contributed by atoms with E-state index >= 15 is 0 Å². The molecule has 0 amide bonds. The highest BCUT2D eigenvalue weighted by Crippen LogP contribution is 2.32. The smallest absolute Gasteiger partial charge is 0.203 e. The van der Waals surface area contributed by atoms with Gasteiger partial charge in [0.15, 0.2) is 10.1 Å². The number of nitrogens with one attached hydrogen (secondary N) is 1. The molecule has 0 fully saturated rings. The van der Waals surface area contributed by atoms with Gasteiger partial charge in [0.05, 0.1) is 17.0 Å². The Labute approximate surface area is 152 Å². The van der Waals surface area contributed by atoms with E-state index < -0.39 is 0 Å². The number of nitrogens with two attached hydrogens (primary N) is 1. The van der Waals surface area contributed by atoms with Gasteiger partial charge in [-0.15, -0.1) is 10.2 Å². The number of nitrogen functional groups attached to an aromatic ring is 1. The van der Waals surface area contributed by atoms with Gasteiger partial charge in [-0.25, -0.2) is 0 Å². The van der Waals surface area contributed by atoms with Crippen molar-refractivity contribution in [3.05, 3.63) is 60.2 Å². The summed E-state index contributed by atoms with van der Waals surface area (Å²) >= 11 is 2.65. The first-order valence-electron chi connectivity index (χ1n) is 7.63. The number of fused-ring (bicyclic) bond motifs is 1. The number of aromatic amines is 1. The van der Waals surface area contributed by atoms with Crippen LogP contribution in [0.3, 0.4) is 0 Å². The molecule has 2 aromatic heterocycles. The van der Waals surface area contributed by atoms with Crippen molar-refractivity contribution in [3.63, 3.8) is 0 Å². The van der Waals surface area contributed by atoms with Gasteiger partial charge >= 0.3 is 0 Å². The zero-order valence-electron chi connectivity index (χ0n) is 13.1. The molecular formula is C18H14N4OS2. The van der Waals surface area contributed by atoms with Crippen LogP contribution in [0.25, 0.3) is 22.2 Å². The first kappa shape index (κ1) is 15.9. The number of carbonyl (C=O) groups is 1. The van der Waals surface area contributed by atoms with E-state index in [2.05, 4.69) is 15.2 Å². The number of thioether (sulfide) groups is 1. The quantitative estimate of drug-likeness (QED) is 0.407. The van der Waals surface area contributed by atoms with Crippen LogP contribution in [-0.4, -0.2) is 26.7 Å². The van der Waals surface area contributed by atoms with E-state index in [0.29, 0.717) is 15.0 Å². The summed E-state index contributed by atoms with van der Waals surface area (Å²) < 4.78 is 0.701. The van der Waals surface area contributed by atoms with E-state index in [9.17, 15) is 4.79 Å². The van der Waals surface area contributed by atoms with Crippen molar-refractivity contribution >= 4 is 44.9 Å². The molecule has 0 unspecified atom stereocenters. The molecule has 4 aromatic rings. The van der Waals surface area contributed by atoms with E-state index in [1.807, 2.05) is 54.6 Å². The minimum absolute atomic E-state index is 0.0510. The van der Waals surface area contributed by atoms with E-state index in [4.69, 9.17) is 5.73 Å². The fraction of sp³-hybridized carbons (Fsp3) is 0.0556. The minimum atomic E-state index is 0.0510. The zero-order chi connectivity index (χ0) is 17.2. The fourth-order valence-electron chi connectivity index (χ4n) is 2.73. The summed E-state index contributed by atoms with van der Waals surface area (Å²) in [7, 11) is 0. The lowest BCUT2D eigenvalue weighted by molar-refractivity contribution is 0.102. The van der Waals surface area contributed by atoms with Gasteiger partial charge in [-0.3, -0.25) is 4.79 Å². The number of anilines is 1. The molecular weight excluding hydrogens is 352 g/mol. The summed E-state index contributed by atoms with van der Waals surface area (Å²) in [6, 6.07) is 17.8. The number of Topliss-reactive ketones (excluding diaryl/α,β-unsaturated/α-hetero) is 1. The maximum absolute atomic E-state index is 13.0. The topological polar surface area (TPSA) is 84.7 Å². The Kier molecular flexibility index (Phi) is 4.25. The van der Waals surface area contributed by atoms with Crippen LogP contribution in [0.1, 0.15) is 10.4 Å². The molecule has 0 radical (unpaired) electrons. The first-order valence-corrected chi connectivity index (χ1v) is 9.43. The normalized spacial score (nSPS) is 11.0. The predicted octanol–water partition coefficient (Wildman–Crippen LogP) is 4.24. The van der Waals surface area contributed by atoms with Gasteiger partial charge in [0.1, 0.15) is 0 Å². The molecule has 0 spiro atoms. The largest absolute Gasteiger partial charge is 0.374 e. The van der Waals surface area contributed by atoms with Gasteiger partial charge in [0, 0.05) is 10.9 Å². The molecule has 3 N–H and O–H groups in total. The Hall–Kier alpha value is -2.64. The summed E-state index contributed by atoms with van der Waals surface area (Å²) in [5.41, 5.74) is 9.11. The average molecular weight is 366 g/mol. The monoisotopic (exact) mass is 366 g/mol. The molecule has 0 atom stereocenters. The molecule has 0 saturated carbocycles. The van der Waals surface area contributed by atoms with Gasteiger partial charge in [0.25, 0.3) is 0 Å². The summed E-state index contributed by atoms with van der Waals surface area (Å²) in [6.45, 7) is 0. The molecule has 0 bridgehead atoms. The van der Waals surface area contributed by atoms with Gasteiger partial charge in [0.2, 0.25) is 5.13 Å². The average Bonchev–Trinajstić information content (AvgIpc) is 3.24. The van der Waals surface area contributed by atoms with Crippen molar-refractivity contribution in [1.29, 1.82) is 0 Å². The predicted molar refractivity (Wildman–Crippen MR) is 103 cm³/mol. The highest BCUT2D eigenvalue weighted by Gasteiger charge is 2.20. The number of ketones is 1. The first-order chi connectivity index (χ1) is 12.2. The molecule has 5 nitrogen and oxygen atoms in total. The summed E-state index contributed by atoms with van der Waals surface area (Å²) in [5, 5.41) is 9.08. The van der Waals surface area contributed by atoms with Crippen LogP contribution in [0.2, 0.25) is 0 Å². The Balaban J connectivity index is 1.73. The van der Waals surface area contributed by atoms with E-state index in [1.54, 1.807) is 0 Å². The number of hydrogen-bond donors (Lipinski definition) is 2. The minimum Gasteiger partial charge on any atom is -0.374 e. The summed E-state index contributed by atoms with van der Waals surface area (Å²) in [4.78, 5) is 16.4. The summed E-state index contributed by atoms with van der Waals surface area (Å²) in [6.07, 6.45) is 0. The van der Waals surface area contributed by atoms with Crippen LogP contribution in [0, 0.1) is 0 Å². The van der Waals surface area contributed by atoms with Crippen LogP contribution in [-0.2, 0) is 0 Å². The molecule has 0 aliphatic carbocycles. The van der Waals surface area contributed by atoms with E-state index in [1.165, 1.54) is 23.1 Å². The molecule has 25 heavy (non-hydrogen) atoms. The molecule has 124 valence electrons. The molecule has 2 aromatic carbocycles. The van der Waals surface area contributed by atoms with Crippen LogP contribution < -0.4 is 5.73 Å². The SMILES string of the molecule is Nc1nnc(SCC(=O)c2c(-c3ccccc3)[nH]c3ccccc23)s1. The number of rotatable bonds is 5. The van der Waals surface area contributed by atoms with Crippen LogP contribution in [0.4, 0.5) is 5.13 Å². The third-order valence-electron chi connectivity index (χ3n) is 3.80. The number of para-hydroxylation sites is 1. The Bertz CT molecular complexity index is 1040. The third-order valence-corrected chi connectivity index (χ3v) is 5.68.